The Morgan fingerprint density at radius 3 is 2.24 bits per heavy atom. The second-order valence-corrected chi connectivity index (χ2v) is 15.6. The van der Waals surface area contributed by atoms with Crippen molar-refractivity contribution in [1.82, 2.24) is 0 Å². The molecule has 1 spiro atoms. The first-order chi connectivity index (χ1) is 15.7. The third kappa shape index (κ3) is 2.26. The fourth-order valence-corrected chi connectivity index (χ4v) is 12.7. The van der Waals surface area contributed by atoms with Gasteiger partial charge in [-0.25, -0.2) is 0 Å². The van der Waals surface area contributed by atoms with Crippen molar-refractivity contribution < 1.29 is 14.6 Å². The molecule has 6 rings (SSSR count). The van der Waals surface area contributed by atoms with Crippen molar-refractivity contribution in [1.29, 1.82) is 0 Å². The van der Waals surface area contributed by atoms with E-state index >= 15 is 0 Å². The van der Waals surface area contributed by atoms with E-state index in [0.717, 1.165) is 38.5 Å². The van der Waals surface area contributed by atoms with Crippen molar-refractivity contribution in [3.05, 3.63) is 0 Å². The van der Waals surface area contributed by atoms with Crippen LogP contribution in [-0.4, -0.2) is 22.8 Å². The van der Waals surface area contributed by atoms with Crippen molar-refractivity contribution >= 4 is 5.97 Å². The highest BCUT2D eigenvalue weighted by molar-refractivity contribution is 5.82. The minimum Gasteiger partial charge on any atom is -0.458 e. The van der Waals surface area contributed by atoms with E-state index in [4.69, 9.17) is 4.74 Å². The molecular formula is C31H50O3. The Morgan fingerprint density at radius 2 is 1.53 bits per heavy atom. The van der Waals surface area contributed by atoms with Crippen LogP contribution in [0.2, 0.25) is 0 Å². The van der Waals surface area contributed by atoms with E-state index in [1.54, 1.807) is 0 Å². The van der Waals surface area contributed by atoms with Crippen molar-refractivity contribution in [3.63, 3.8) is 0 Å². The quantitative estimate of drug-likeness (QED) is 0.387. The zero-order valence-corrected chi connectivity index (χ0v) is 23.2. The van der Waals surface area contributed by atoms with Crippen LogP contribution in [0.3, 0.4) is 0 Å². The Kier molecular flexibility index (Phi) is 4.65. The van der Waals surface area contributed by atoms with E-state index in [1.165, 1.54) is 19.3 Å². The Morgan fingerprint density at radius 1 is 0.853 bits per heavy atom. The van der Waals surface area contributed by atoms with Crippen molar-refractivity contribution in [2.45, 2.75) is 125 Å². The fourth-order valence-electron chi connectivity index (χ4n) is 12.7. The molecule has 3 nitrogen and oxygen atoms in total. The summed E-state index contributed by atoms with van der Waals surface area (Å²) in [5, 5.41) is 11.0. The van der Waals surface area contributed by atoms with Crippen LogP contribution < -0.4 is 0 Å². The molecule has 12 atom stereocenters. The van der Waals surface area contributed by atoms with Crippen LogP contribution in [-0.2, 0) is 9.53 Å². The normalized spacial score (nSPS) is 62.0. The highest BCUT2D eigenvalue weighted by Gasteiger charge is 2.82. The maximum atomic E-state index is 13.9. The number of carbonyl (C=O) groups is 1. The molecule has 1 aliphatic heterocycles. The van der Waals surface area contributed by atoms with E-state index in [1.807, 2.05) is 0 Å². The molecule has 5 saturated carbocycles. The molecule has 0 amide bonds. The smallest absolute Gasteiger partial charge is 0.313 e. The summed E-state index contributed by atoms with van der Waals surface area (Å²) in [7, 11) is 0. The molecule has 0 aromatic carbocycles. The van der Waals surface area contributed by atoms with Gasteiger partial charge in [-0.05, 0) is 104 Å². The molecule has 2 bridgehead atoms. The average Bonchev–Trinajstić information content (AvgIpc) is 2.96. The topological polar surface area (TPSA) is 46.5 Å². The molecule has 0 aromatic rings. The molecule has 5 aliphatic carbocycles. The van der Waals surface area contributed by atoms with Gasteiger partial charge >= 0.3 is 5.97 Å². The molecule has 6 aliphatic rings. The third-order valence-corrected chi connectivity index (χ3v) is 14.8. The minimum absolute atomic E-state index is 0.0192. The summed E-state index contributed by atoms with van der Waals surface area (Å²) in [5.41, 5.74) is -0.0851. The summed E-state index contributed by atoms with van der Waals surface area (Å²) in [6, 6.07) is 0. The summed E-state index contributed by atoms with van der Waals surface area (Å²) in [4.78, 5) is 13.9. The molecule has 1 saturated heterocycles. The number of carbonyl (C=O) groups excluding carboxylic acids is 1. The SMILES string of the molecule is C[C@@H]1[C@@H](C)C[C@H](C)[C@@]23CC[C@]4(C)[C@@](CC[C@@H]5[C@@]6(C)CC[C@H](O)C(C)(C)[C@@H]6CC[C@]54C)(OC2=O)[C@@H]13. The molecule has 0 unspecified atom stereocenters. The monoisotopic (exact) mass is 470 g/mol. The molecule has 6 fully saturated rings. The first kappa shape index (κ1) is 23.8. The van der Waals surface area contributed by atoms with E-state index < -0.39 is 0 Å². The number of aliphatic hydroxyl groups is 1. The highest BCUT2D eigenvalue weighted by Crippen LogP contribution is 2.81. The Balaban J connectivity index is 1.47. The number of hydrogen-bond acceptors (Lipinski definition) is 3. The number of fused-ring (bicyclic) bond motifs is 4. The molecule has 3 heteroatoms. The predicted octanol–water partition coefficient (Wildman–Crippen LogP) is 7.01. The molecule has 0 radical (unpaired) electrons. The van der Waals surface area contributed by atoms with Crippen LogP contribution in [0, 0.1) is 62.6 Å². The number of rotatable bonds is 0. The lowest BCUT2D eigenvalue weighted by atomic mass is 9.30. The number of aliphatic hydroxyl groups excluding tert-OH is 1. The fraction of sp³-hybridized carbons (Fsp3) is 0.968. The van der Waals surface area contributed by atoms with Gasteiger partial charge in [0.1, 0.15) is 5.60 Å². The van der Waals surface area contributed by atoms with Gasteiger partial charge in [0.2, 0.25) is 0 Å². The summed E-state index contributed by atoms with van der Waals surface area (Å²) < 4.78 is 6.87. The molecule has 192 valence electrons. The van der Waals surface area contributed by atoms with Gasteiger partial charge in [-0.2, -0.15) is 0 Å². The van der Waals surface area contributed by atoms with E-state index in [0.29, 0.717) is 35.5 Å². The number of hydrogen-bond donors (Lipinski definition) is 1. The lowest BCUT2D eigenvalue weighted by Crippen LogP contribution is -2.73. The average molecular weight is 471 g/mol. The second-order valence-electron chi connectivity index (χ2n) is 15.6. The van der Waals surface area contributed by atoms with Gasteiger partial charge in [0, 0.05) is 11.3 Å². The van der Waals surface area contributed by atoms with Crippen molar-refractivity contribution in [2.75, 3.05) is 0 Å². The van der Waals surface area contributed by atoms with Crippen LogP contribution in [0.5, 0.6) is 0 Å². The first-order valence-electron chi connectivity index (χ1n) is 14.6. The zero-order valence-electron chi connectivity index (χ0n) is 23.2. The Labute approximate surface area is 208 Å². The van der Waals surface area contributed by atoms with Crippen molar-refractivity contribution in [2.24, 2.45) is 62.6 Å². The summed E-state index contributed by atoms with van der Waals surface area (Å²) >= 11 is 0. The van der Waals surface area contributed by atoms with E-state index in [2.05, 4.69) is 55.4 Å². The van der Waals surface area contributed by atoms with Gasteiger partial charge in [0.25, 0.3) is 0 Å². The molecular weight excluding hydrogens is 420 g/mol. The number of ether oxygens (including phenoxy) is 1. The predicted molar refractivity (Wildman–Crippen MR) is 135 cm³/mol. The van der Waals surface area contributed by atoms with Crippen molar-refractivity contribution in [3.8, 4) is 0 Å². The minimum atomic E-state index is -0.289. The van der Waals surface area contributed by atoms with Gasteiger partial charge in [0.05, 0.1) is 11.5 Å². The van der Waals surface area contributed by atoms with Crippen LogP contribution in [0.25, 0.3) is 0 Å². The second kappa shape index (κ2) is 6.65. The van der Waals surface area contributed by atoms with E-state index in [9.17, 15) is 9.90 Å². The van der Waals surface area contributed by atoms with Crippen LogP contribution >= 0.6 is 0 Å². The van der Waals surface area contributed by atoms with Gasteiger partial charge in [-0.15, -0.1) is 0 Å². The maximum absolute atomic E-state index is 13.9. The molecule has 1 heterocycles. The highest BCUT2D eigenvalue weighted by atomic mass is 16.6. The number of esters is 1. The van der Waals surface area contributed by atoms with Crippen LogP contribution in [0.15, 0.2) is 0 Å². The molecule has 34 heavy (non-hydrogen) atoms. The van der Waals surface area contributed by atoms with Crippen LogP contribution in [0.4, 0.5) is 0 Å². The maximum Gasteiger partial charge on any atom is 0.313 e. The zero-order chi connectivity index (χ0) is 24.7. The summed E-state index contributed by atoms with van der Waals surface area (Å²) in [5.74, 6) is 3.37. The Hall–Kier alpha value is -0.570. The van der Waals surface area contributed by atoms with Gasteiger partial charge < -0.3 is 9.84 Å². The van der Waals surface area contributed by atoms with E-state index in [-0.39, 0.29) is 44.7 Å². The molecule has 0 aromatic heterocycles. The standard InChI is InChI=1S/C31H50O3/c1-18-17-19(2)30-16-15-29(8)28(7)13-9-21-26(4,5)23(32)11-12-27(21,6)22(28)10-14-31(29,34-25(30)33)24(30)20(18)3/h18-24,32H,9-17H2,1-8H3/t18-,19-,20+,21-,22+,23-,24-,27-,28+,29-,30+,31-/m0/s1. The Bertz CT molecular complexity index is 910. The van der Waals surface area contributed by atoms with Crippen LogP contribution in [0.1, 0.15) is 113 Å². The van der Waals surface area contributed by atoms with Gasteiger partial charge in [-0.1, -0.05) is 55.4 Å². The largest absolute Gasteiger partial charge is 0.458 e. The first-order valence-corrected chi connectivity index (χ1v) is 14.6. The third-order valence-electron chi connectivity index (χ3n) is 14.8. The lowest BCUT2D eigenvalue weighted by Gasteiger charge is -2.74. The molecule has 1 N–H and O–H groups in total. The lowest BCUT2D eigenvalue weighted by molar-refractivity contribution is -0.291. The van der Waals surface area contributed by atoms with Gasteiger partial charge in [-0.3, -0.25) is 4.79 Å². The summed E-state index contributed by atoms with van der Waals surface area (Å²) in [6.07, 6.45) is 9.87. The summed E-state index contributed by atoms with van der Waals surface area (Å²) in [6.45, 7) is 19.6. The van der Waals surface area contributed by atoms with Gasteiger partial charge in [0.15, 0.2) is 0 Å².